The summed E-state index contributed by atoms with van der Waals surface area (Å²) in [5.41, 5.74) is 0. The molecular formula is C14H26N2O. The molecule has 1 aliphatic carbocycles. The zero-order chi connectivity index (χ0) is 11.9. The molecule has 2 fully saturated rings. The monoisotopic (exact) mass is 238 g/mol. The first-order valence-electron chi connectivity index (χ1n) is 7.37. The van der Waals surface area contributed by atoms with Crippen LogP contribution in [0, 0.1) is 5.92 Å². The topological polar surface area (TPSA) is 41.1 Å². The van der Waals surface area contributed by atoms with Gasteiger partial charge < -0.3 is 10.6 Å². The molecule has 2 N–H and O–H groups in total. The highest BCUT2D eigenvalue weighted by atomic mass is 16.2. The Morgan fingerprint density at radius 3 is 2.65 bits per heavy atom. The van der Waals surface area contributed by atoms with E-state index in [-0.39, 0.29) is 11.9 Å². The van der Waals surface area contributed by atoms with E-state index in [4.69, 9.17) is 0 Å². The number of rotatable bonds is 6. The number of amides is 1. The van der Waals surface area contributed by atoms with Gasteiger partial charge in [0.05, 0.1) is 6.04 Å². The maximum Gasteiger partial charge on any atom is 0.237 e. The lowest BCUT2D eigenvalue weighted by Gasteiger charge is -2.12. The molecule has 0 aromatic rings. The largest absolute Gasteiger partial charge is 0.355 e. The fourth-order valence-electron chi connectivity index (χ4n) is 3.10. The van der Waals surface area contributed by atoms with Gasteiger partial charge in [0.1, 0.15) is 0 Å². The Morgan fingerprint density at radius 2 is 1.94 bits per heavy atom. The highest BCUT2D eigenvalue weighted by Crippen LogP contribution is 2.28. The summed E-state index contributed by atoms with van der Waals surface area (Å²) in [7, 11) is 0. The van der Waals surface area contributed by atoms with Crippen LogP contribution in [-0.4, -0.2) is 25.0 Å². The van der Waals surface area contributed by atoms with E-state index in [1.807, 2.05) is 0 Å². The normalized spacial score (nSPS) is 25.3. The van der Waals surface area contributed by atoms with Gasteiger partial charge in [0, 0.05) is 6.54 Å². The third-order valence-electron chi connectivity index (χ3n) is 4.19. The van der Waals surface area contributed by atoms with Crippen molar-refractivity contribution in [2.75, 3.05) is 13.1 Å². The van der Waals surface area contributed by atoms with Crippen molar-refractivity contribution in [3.05, 3.63) is 0 Å². The fourth-order valence-corrected chi connectivity index (χ4v) is 3.10. The van der Waals surface area contributed by atoms with E-state index in [1.165, 1.54) is 38.5 Å². The van der Waals surface area contributed by atoms with Crippen molar-refractivity contribution in [2.45, 2.75) is 63.8 Å². The van der Waals surface area contributed by atoms with E-state index in [2.05, 4.69) is 10.6 Å². The lowest BCUT2D eigenvalue weighted by Crippen LogP contribution is -2.40. The molecule has 1 amide bonds. The predicted octanol–water partition coefficient (Wildman–Crippen LogP) is 2.22. The molecule has 1 unspecified atom stereocenters. The summed E-state index contributed by atoms with van der Waals surface area (Å²) in [6.45, 7) is 1.86. The Hall–Kier alpha value is -0.570. The minimum Gasteiger partial charge on any atom is -0.355 e. The zero-order valence-corrected chi connectivity index (χ0v) is 10.8. The number of nitrogens with one attached hydrogen (secondary N) is 2. The van der Waals surface area contributed by atoms with Crippen LogP contribution < -0.4 is 10.6 Å². The van der Waals surface area contributed by atoms with Crippen LogP contribution in [0.25, 0.3) is 0 Å². The van der Waals surface area contributed by atoms with Crippen molar-refractivity contribution in [1.29, 1.82) is 0 Å². The second-order valence-corrected chi connectivity index (χ2v) is 5.59. The molecule has 0 bridgehead atoms. The maximum atomic E-state index is 11.7. The van der Waals surface area contributed by atoms with Crippen molar-refractivity contribution in [3.8, 4) is 0 Å². The van der Waals surface area contributed by atoms with Gasteiger partial charge in [-0.25, -0.2) is 0 Å². The number of carbonyl (C=O) groups excluding carboxylic acids is 1. The standard InChI is InChI=1S/C14H26N2O/c17-14(13-9-5-11-15-13)16-10-4-3-8-12-6-1-2-7-12/h12-13,15H,1-11H2,(H,16,17). The summed E-state index contributed by atoms with van der Waals surface area (Å²) in [5, 5.41) is 6.28. The molecule has 3 nitrogen and oxygen atoms in total. The van der Waals surface area contributed by atoms with Crippen LogP contribution in [0.1, 0.15) is 57.8 Å². The average molecular weight is 238 g/mol. The molecule has 0 radical (unpaired) electrons. The summed E-state index contributed by atoms with van der Waals surface area (Å²) in [5.74, 6) is 1.20. The molecule has 2 aliphatic rings. The molecule has 0 aromatic carbocycles. The quantitative estimate of drug-likeness (QED) is 0.697. The van der Waals surface area contributed by atoms with Gasteiger partial charge in [-0.05, 0) is 31.7 Å². The van der Waals surface area contributed by atoms with Gasteiger partial charge in [0.25, 0.3) is 0 Å². The van der Waals surface area contributed by atoms with Crippen molar-refractivity contribution in [3.63, 3.8) is 0 Å². The molecule has 98 valence electrons. The van der Waals surface area contributed by atoms with Crippen molar-refractivity contribution in [2.24, 2.45) is 5.92 Å². The highest BCUT2D eigenvalue weighted by molar-refractivity contribution is 5.81. The summed E-state index contributed by atoms with van der Waals surface area (Å²) in [6, 6.07) is 0.0878. The van der Waals surface area contributed by atoms with Crippen molar-refractivity contribution >= 4 is 5.91 Å². The molecular weight excluding hydrogens is 212 g/mol. The zero-order valence-electron chi connectivity index (χ0n) is 10.8. The number of carbonyl (C=O) groups is 1. The molecule has 1 saturated heterocycles. The average Bonchev–Trinajstić information content (AvgIpc) is 3.01. The molecule has 1 aliphatic heterocycles. The van der Waals surface area contributed by atoms with Crippen LogP contribution in [0.15, 0.2) is 0 Å². The highest BCUT2D eigenvalue weighted by Gasteiger charge is 2.21. The van der Waals surface area contributed by atoms with Gasteiger partial charge in [-0.15, -0.1) is 0 Å². The van der Waals surface area contributed by atoms with E-state index in [0.29, 0.717) is 0 Å². The van der Waals surface area contributed by atoms with Gasteiger partial charge in [-0.3, -0.25) is 4.79 Å². The van der Waals surface area contributed by atoms with Gasteiger partial charge in [-0.2, -0.15) is 0 Å². The van der Waals surface area contributed by atoms with Crippen LogP contribution in [0.4, 0.5) is 0 Å². The predicted molar refractivity (Wildman–Crippen MR) is 69.8 cm³/mol. The van der Waals surface area contributed by atoms with E-state index >= 15 is 0 Å². The van der Waals surface area contributed by atoms with Crippen LogP contribution in [-0.2, 0) is 4.79 Å². The third-order valence-corrected chi connectivity index (χ3v) is 4.19. The fraction of sp³-hybridized carbons (Fsp3) is 0.929. The SMILES string of the molecule is O=C(NCCCCC1CCCC1)C1CCCN1. The van der Waals surface area contributed by atoms with Crippen molar-refractivity contribution < 1.29 is 4.79 Å². The number of hydrogen-bond donors (Lipinski definition) is 2. The van der Waals surface area contributed by atoms with Crippen molar-refractivity contribution in [1.82, 2.24) is 10.6 Å². The Balaban J connectivity index is 1.46. The first-order valence-corrected chi connectivity index (χ1v) is 7.37. The number of hydrogen-bond acceptors (Lipinski definition) is 2. The first kappa shape index (κ1) is 12.9. The van der Waals surface area contributed by atoms with Crippen LogP contribution in [0.3, 0.4) is 0 Å². The maximum absolute atomic E-state index is 11.7. The lowest BCUT2D eigenvalue weighted by atomic mass is 10.0. The number of unbranched alkanes of at least 4 members (excludes halogenated alkanes) is 1. The molecule has 0 spiro atoms. The summed E-state index contributed by atoms with van der Waals surface area (Å²) >= 11 is 0. The van der Waals surface area contributed by atoms with Gasteiger partial charge in [0.2, 0.25) is 5.91 Å². The second-order valence-electron chi connectivity index (χ2n) is 5.59. The van der Waals surface area contributed by atoms with E-state index in [9.17, 15) is 4.79 Å². The third kappa shape index (κ3) is 4.30. The summed E-state index contributed by atoms with van der Waals surface area (Å²) < 4.78 is 0. The smallest absolute Gasteiger partial charge is 0.237 e. The minimum absolute atomic E-state index is 0.0878. The van der Waals surface area contributed by atoms with Gasteiger partial charge >= 0.3 is 0 Å². The second kappa shape index (κ2) is 7.00. The molecule has 1 saturated carbocycles. The molecule has 1 heterocycles. The molecule has 17 heavy (non-hydrogen) atoms. The lowest BCUT2D eigenvalue weighted by molar-refractivity contribution is -0.122. The van der Waals surface area contributed by atoms with E-state index in [0.717, 1.165) is 38.3 Å². The van der Waals surface area contributed by atoms with Gasteiger partial charge in [-0.1, -0.05) is 38.5 Å². The van der Waals surface area contributed by atoms with Crippen LogP contribution >= 0.6 is 0 Å². The summed E-state index contributed by atoms with van der Waals surface area (Å²) in [4.78, 5) is 11.7. The molecule has 2 rings (SSSR count). The Morgan fingerprint density at radius 1 is 1.12 bits per heavy atom. The Kier molecular flexibility index (Phi) is 5.30. The minimum atomic E-state index is 0.0878. The Bertz CT molecular complexity index is 230. The van der Waals surface area contributed by atoms with Gasteiger partial charge in [0.15, 0.2) is 0 Å². The van der Waals surface area contributed by atoms with Crippen LogP contribution in [0.5, 0.6) is 0 Å². The molecule has 1 atom stereocenters. The van der Waals surface area contributed by atoms with E-state index < -0.39 is 0 Å². The van der Waals surface area contributed by atoms with Crippen LogP contribution in [0.2, 0.25) is 0 Å². The molecule has 0 aromatic heterocycles. The summed E-state index contributed by atoms with van der Waals surface area (Å²) in [6.07, 6.45) is 11.7. The first-order chi connectivity index (χ1) is 8.36. The Labute approximate surface area is 105 Å². The molecule has 3 heteroatoms. The van der Waals surface area contributed by atoms with E-state index in [1.54, 1.807) is 0 Å².